The Hall–Kier alpha value is -2.22. The topological polar surface area (TPSA) is 54.5 Å². The van der Waals surface area contributed by atoms with E-state index in [-0.39, 0.29) is 12.5 Å². The predicted octanol–water partition coefficient (Wildman–Crippen LogP) is 4.48. The van der Waals surface area contributed by atoms with E-state index in [0.29, 0.717) is 10.9 Å². The average molecular weight is 458 g/mol. The predicted molar refractivity (Wildman–Crippen MR) is 115 cm³/mol. The summed E-state index contributed by atoms with van der Waals surface area (Å²) in [4.78, 5) is 20.4. The fourth-order valence-electron chi connectivity index (χ4n) is 3.11. The molecule has 2 aromatic carbocycles. The number of anilines is 1. The van der Waals surface area contributed by atoms with Gasteiger partial charge in [0.1, 0.15) is 5.75 Å². The van der Waals surface area contributed by atoms with Crippen molar-refractivity contribution < 1.29 is 9.53 Å². The molecule has 1 aliphatic heterocycles. The maximum absolute atomic E-state index is 12.2. The lowest BCUT2D eigenvalue weighted by Gasteiger charge is -2.25. The molecule has 0 unspecified atom stereocenters. The van der Waals surface area contributed by atoms with E-state index in [2.05, 4.69) is 55.4 Å². The Morgan fingerprint density at radius 2 is 1.96 bits per heavy atom. The standard InChI is InChI=1S/C21H20BrN3O2S/c22-16-6-8-17(9-7-16)27-14-20(26)24-21-23-18-10-11-25(13-19(18)28-21)12-15-4-2-1-3-5-15/h1-9H,10-14H2,(H,23,24,26). The zero-order valence-electron chi connectivity index (χ0n) is 15.2. The van der Waals surface area contributed by atoms with Crippen LogP contribution in [0.4, 0.5) is 5.13 Å². The Morgan fingerprint density at radius 3 is 2.75 bits per heavy atom. The molecule has 1 aromatic heterocycles. The van der Waals surface area contributed by atoms with Crippen LogP contribution in [-0.4, -0.2) is 28.9 Å². The number of aromatic nitrogens is 1. The van der Waals surface area contributed by atoms with Crippen LogP contribution in [0.5, 0.6) is 5.75 Å². The van der Waals surface area contributed by atoms with Gasteiger partial charge in [-0.3, -0.25) is 15.0 Å². The first kappa shape index (κ1) is 19.1. The first-order chi connectivity index (χ1) is 13.7. The number of nitrogens with zero attached hydrogens (tertiary/aromatic N) is 2. The Balaban J connectivity index is 1.31. The van der Waals surface area contributed by atoms with Gasteiger partial charge < -0.3 is 4.74 Å². The van der Waals surface area contributed by atoms with Crippen molar-refractivity contribution in [2.24, 2.45) is 0 Å². The molecule has 0 saturated heterocycles. The fraction of sp³-hybridized carbons (Fsp3) is 0.238. The van der Waals surface area contributed by atoms with Gasteiger partial charge in [-0.1, -0.05) is 46.3 Å². The highest BCUT2D eigenvalue weighted by molar-refractivity contribution is 9.10. The molecule has 0 radical (unpaired) electrons. The third-order valence-electron chi connectivity index (χ3n) is 4.49. The Bertz CT molecular complexity index is 944. The number of hydrogen-bond donors (Lipinski definition) is 1. The molecule has 0 saturated carbocycles. The van der Waals surface area contributed by atoms with E-state index in [1.165, 1.54) is 10.4 Å². The van der Waals surface area contributed by atoms with Crippen LogP contribution in [0.15, 0.2) is 59.1 Å². The molecule has 144 valence electrons. The van der Waals surface area contributed by atoms with Crippen molar-refractivity contribution in [2.45, 2.75) is 19.5 Å². The summed E-state index contributed by atoms with van der Waals surface area (Å²) in [6.45, 7) is 2.74. The number of carbonyl (C=O) groups is 1. The van der Waals surface area contributed by atoms with Crippen LogP contribution in [0.1, 0.15) is 16.1 Å². The molecule has 1 N–H and O–H groups in total. The molecule has 28 heavy (non-hydrogen) atoms. The SMILES string of the molecule is O=C(COc1ccc(Br)cc1)Nc1nc2c(s1)CN(Cc1ccccc1)CC2. The van der Waals surface area contributed by atoms with E-state index in [1.54, 1.807) is 11.3 Å². The number of amides is 1. The number of halogens is 1. The molecule has 4 rings (SSSR count). The monoisotopic (exact) mass is 457 g/mol. The number of hydrogen-bond acceptors (Lipinski definition) is 5. The van der Waals surface area contributed by atoms with Gasteiger partial charge in [0.15, 0.2) is 11.7 Å². The molecule has 1 aliphatic rings. The second-order valence-electron chi connectivity index (χ2n) is 6.63. The van der Waals surface area contributed by atoms with Gasteiger partial charge in [-0.2, -0.15) is 0 Å². The van der Waals surface area contributed by atoms with E-state index >= 15 is 0 Å². The summed E-state index contributed by atoms with van der Waals surface area (Å²) in [6.07, 6.45) is 0.907. The third-order valence-corrected chi connectivity index (χ3v) is 6.02. The minimum Gasteiger partial charge on any atom is -0.484 e. The first-order valence-corrected chi connectivity index (χ1v) is 10.7. The highest BCUT2D eigenvalue weighted by Gasteiger charge is 2.21. The minimum absolute atomic E-state index is 0.0357. The molecule has 0 bridgehead atoms. The van der Waals surface area contributed by atoms with Crippen LogP contribution in [-0.2, 0) is 24.3 Å². The number of thiazole rings is 1. The molecular formula is C21H20BrN3O2S. The van der Waals surface area contributed by atoms with Gasteiger partial charge >= 0.3 is 0 Å². The van der Waals surface area contributed by atoms with Gasteiger partial charge in [0.25, 0.3) is 5.91 Å². The molecule has 0 fully saturated rings. The fourth-order valence-corrected chi connectivity index (χ4v) is 4.44. The highest BCUT2D eigenvalue weighted by Crippen LogP contribution is 2.29. The molecule has 7 heteroatoms. The summed E-state index contributed by atoms with van der Waals surface area (Å²) in [7, 11) is 0. The molecular weight excluding hydrogens is 438 g/mol. The largest absolute Gasteiger partial charge is 0.484 e. The zero-order chi connectivity index (χ0) is 19.3. The Kier molecular flexibility index (Phi) is 6.04. The van der Waals surface area contributed by atoms with E-state index in [9.17, 15) is 4.79 Å². The summed E-state index contributed by atoms with van der Waals surface area (Å²) in [5.74, 6) is 0.462. The molecule has 2 heterocycles. The van der Waals surface area contributed by atoms with Crippen molar-refractivity contribution in [1.82, 2.24) is 9.88 Å². The second-order valence-corrected chi connectivity index (χ2v) is 8.63. The lowest BCUT2D eigenvalue weighted by molar-refractivity contribution is -0.118. The quantitative estimate of drug-likeness (QED) is 0.592. The number of fused-ring (bicyclic) bond motifs is 1. The van der Waals surface area contributed by atoms with Crippen LogP contribution in [0, 0.1) is 0 Å². The first-order valence-electron chi connectivity index (χ1n) is 9.09. The van der Waals surface area contributed by atoms with E-state index in [1.807, 2.05) is 30.3 Å². The maximum atomic E-state index is 12.2. The van der Waals surface area contributed by atoms with Gasteiger partial charge in [0.2, 0.25) is 0 Å². The van der Waals surface area contributed by atoms with Crippen LogP contribution < -0.4 is 10.1 Å². The number of rotatable bonds is 6. The second kappa shape index (κ2) is 8.86. The van der Waals surface area contributed by atoms with E-state index in [0.717, 1.165) is 36.2 Å². The summed E-state index contributed by atoms with van der Waals surface area (Å²) >= 11 is 4.93. The molecule has 1 amide bonds. The molecule has 0 spiro atoms. The molecule has 0 atom stereocenters. The number of nitrogens with one attached hydrogen (secondary N) is 1. The van der Waals surface area contributed by atoms with Crippen LogP contribution in [0.25, 0.3) is 0 Å². The lowest BCUT2D eigenvalue weighted by atomic mass is 10.1. The smallest absolute Gasteiger partial charge is 0.264 e. The van der Waals surface area contributed by atoms with Crippen molar-refractivity contribution in [3.8, 4) is 5.75 Å². The number of carbonyl (C=O) groups excluding carboxylic acids is 1. The van der Waals surface area contributed by atoms with E-state index in [4.69, 9.17) is 4.74 Å². The average Bonchev–Trinajstić information content (AvgIpc) is 3.10. The van der Waals surface area contributed by atoms with Crippen LogP contribution in [0.3, 0.4) is 0 Å². The van der Waals surface area contributed by atoms with Gasteiger partial charge in [0.05, 0.1) is 5.69 Å². The highest BCUT2D eigenvalue weighted by atomic mass is 79.9. The Morgan fingerprint density at radius 1 is 1.18 bits per heavy atom. The van der Waals surface area contributed by atoms with Gasteiger partial charge in [-0.15, -0.1) is 11.3 Å². The van der Waals surface area contributed by atoms with Crippen molar-refractivity contribution in [3.05, 3.63) is 75.2 Å². The van der Waals surface area contributed by atoms with E-state index < -0.39 is 0 Å². The minimum atomic E-state index is -0.199. The Labute approximate surface area is 176 Å². The van der Waals surface area contributed by atoms with Gasteiger partial charge in [-0.05, 0) is 29.8 Å². The normalized spacial score (nSPS) is 13.8. The van der Waals surface area contributed by atoms with Crippen molar-refractivity contribution in [3.63, 3.8) is 0 Å². The number of benzene rings is 2. The molecule has 0 aliphatic carbocycles. The lowest BCUT2D eigenvalue weighted by Crippen LogP contribution is -2.29. The van der Waals surface area contributed by atoms with Crippen molar-refractivity contribution >= 4 is 38.3 Å². The molecule has 5 nitrogen and oxygen atoms in total. The number of ether oxygens (including phenoxy) is 1. The third kappa shape index (κ3) is 4.98. The van der Waals surface area contributed by atoms with Crippen LogP contribution >= 0.6 is 27.3 Å². The van der Waals surface area contributed by atoms with Crippen molar-refractivity contribution in [2.75, 3.05) is 18.5 Å². The van der Waals surface area contributed by atoms with Gasteiger partial charge in [0, 0.05) is 35.4 Å². The van der Waals surface area contributed by atoms with Crippen molar-refractivity contribution in [1.29, 1.82) is 0 Å². The molecule has 3 aromatic rings. The summed E-state index contributed by atoms with van der Waals surface area (Å²) in [5, 5.41) is 3.51. The summed E-state index contributed by atoms with van der Waals surface area (Å²) in [6, 6.07) is 17.9. The maximum Gasteiger partial charge on any atom is 0.264 e. The summed E-state index contributed by atoms with van der Waals surface area (Å²) < 4.78 is 6.49. The zero-order valence-corrected chi connectivity index (χ0v) is 17.6. The summed E-state index contributed by atoms with van der Waals surface area (Å²) in [5.41, 5.74) is 2.41. The van der Waals surface area contributed by atoms with Crippen LogP contribution in [0.2, 0.25) is 0 Å². The van der Waals surface area contributed by atoms with Gasteiger partial charge in [-0.25, -0.2) is 4.98 Å².